The summed E-state index contributed by atoms with van der Waals surface area (Å²) in [6.45, 7) is 10.4. The third-order valence-electron chi connectivity index (χ3n) is 5.98. The summed E-state index contributed by atoms with van der Waals surface area (Å²) in [5, 5.41) is 11.4. The van der Waals surface area contributed by atoms with Gasteiger partial charge in [0.15, 0.2) is 6.29 Å². The van der Waals surface area contributed by atoms with Crippen molar-refractivity contribution in [2.75, 3.05) is 0 Å². The fraction of sp³-hybridized carbons (Fsp3) is 0.538. The Morgan fingerprint density at radius 2 is 1.14 bits per heavy atom. The van der Waals surface area contributed by atoms with Gasteiger partial charge < -0.3 is 24.1 Å². The largest absolute Gasteiger partial charge is 0.387 e. The van der Waals surface area contributed by atoms with Crippen LogP contribution < -0.4 is 0 Å². The van der Waals surface area contributed by atoms with E-state index in [1.807, 2.05) is 0 Å². The topological polar surface area (TPSA) is 125 Å². The number of fused-ring (bicyclic) bond motifs is 2. The highest BCUT2D eigenvalue weighted by atomic mass is 32.3. The van der Waals surface area contributed by atoms with E-state index >= 15 is 0 Å². The summed E-state index contributed by atoms with van der Waals surface area (Å²) in [4.78, 5) is -0.550. The molecular formula is C26H34O9S2. The molecule has 2 heterocycles. The van der Waals surface area contributed by atoms with E-state index in [2.05, 4.69) is 0 Å². The first-order valence-electron chi connectivity index (χ1n) is 12.0. The van der Waals surface area contributed by atoms with Gasteiger partial charge in [0.25, 0.3) is 0 Å². The average molecular weight is 555 g/mol. The summed E-state index contributed by atoms with van der Waals surface area (Å²) >= 11 is 0. The van der Waals surface area contributed by atoms with Crippen molar-refractivity contribution in [2.45, 2.75) is 97.5 Å². The maximum absolute atomic E-state index is 14.4. The molecule has 0 amide bonds. The van der Waals surface area contributed by atoms with E-state index in [-0.39, 0.29) is 9.79 Å². The molecule has 2 aromatic carbocycles. The standard InChI is InChI=1S/C26H34O9S2/c1-24(2,3)33-20-19(27)21(34-25(4,5)6)23-32-22(20)26(35-23,36(28,29)17-13-9-7-10-14-17)37(30,31)18-15-11-8-12-16-18/h7-16,19-23,27H,1-6H3/t19-,20-,21+,22-,23-/m0/s1. The predicted molar refractivity (Wildman–Crippen MR) is 135 cm³/mol. The van der Waals surface area contributed by atoms with E-state index in [1.54, 1.807) is 53.7 Å². The highest BCUT2D eigenvalue weighted by Gasteiger charge is 2.75. The number of ether oxygens (including phenoxy) is 4. The molecule has 2 aromatic rings. The Hall–Kier alpha value is -1.86. The van der Waals surface area contributed by atoms with Crippen molar-refractivity contribution in [1.29, 1.82) is 0 Å². The van der Waals surface area contributed by atoms with Crippen molar-refractivity contribution >= 4 is 19.7 Å². The van der Waals surface area contributed by atoms with Crippen LogP contribution in [0.15, 0.2) is 70.5 Å². The summed E-state index contributed by atoms with van der Waals surface area (Å²) in [7, 11) is -9.64. The molecule has 2 aliphatic rings. The van der Waals surface area contributed by atoms with Gasteiger partial charge in [-0.3, -0.25) is 0 Å². The van der Waals surface area contributed by atoms with Gasteiger partial charge in [-0.15, -0.1) is 0 Å². The van der Waals surface area contributed by atoms with Crippen molar-refractivity contribution in [3.05, 3.63) is 60.7 Å². The van der Waals surface area contributed by atoms with Gasteiger partial charge in [0.05, 0.1) is 21.0 Å². The van der Waals surface area contributed by atoms with Crippen molar-refractivity contribution in [3.63, 3.8) is 0 Å². The number of hydrogen-bond donors (Lipinski definition) is 1. The Bertz CT molecular complexity index is 1240. The molecule has 4 rings (SSSR count). The van der Waals surface area contributed by atoms with Gasteiger partial charge in [-0.05, 0) is 65.8 Å². The molecule has 0 spiro atoms. The minimum atomic E-state index is -4.82. The second-order valence-electron chi connectivity index (χ2n) is 11.2. The van der Waals surface area contributed by atoms with Crippen molar-refractivity contribution in [3.8, 4) is 0 Å². The lowest BCUT2D eigenvalue weighted by molar-refractivity contribution is -0.282. The first-order valence-corrected chi connectivity index (χ1v) is 14.9. The number of aliphatic hydroxyl groups excluding tert-OH is 1. The van der Waals surface area contributed by atoms with Crippen LogP contribution in [-0.2, 0) is 38.6 Å². The Labute approximate surface area is 218 Å². The lowest BCUT2D eigenvalue weighted by atomic mass is 9.98. The molecule has 11 heteroatoms. The molecule has 0 unspecified atom stereocenters. The van der Waals surface area contributed by atoms with Crippen molar-refractivity contribution in [1.82, 2.24) is 0 Å². The van der Waals surface area contributed by atoms with Gasteiger partial charge in [-0.1, -0.05) is 36.4 Å². The van der Waals surface area contributed by atoms with E-state index in [0.29, 0.717) is 0 Å². The zero-order chi connectivity index (χ0) is 27.4. The van der Waals surface area contributed by atoms with E-state index in [1.165, 1.54) is 48.5 Å². The third-order valence-corrected chi connectivity index (χ3v) is 11.2. The summed E-state index contributed by atoms with van der Waals surface area (Å²) < 4.78 is 78.7. The van der Waals surface area contributed by atoms with Gasteiger partial charge >= 0.3 is 4.27 Å². The van der Waals surface area contributed by atoms with Crippen molar-refractivity contribution in [2.24, 2.45) is 0 Å². The minimum Gasteiger partial charge on any atom is -0.387 e. The molecule has 0 saturated carbocycles. The van der Waals surface area contributed by atoms with Gasteiger partial charge in [-0.25, -0.2) is 16.8 Å². The number of aliphatic hydroxyl groups is 1. The average Bonchev–Trinajstić information content (AvgIpc) is 3.19. The van der Waals surface area contributed by atoms with Crippen LogP contribution >= 0.6 is 0 Å². The molecule has 2 bridgehead atoms. The second kappa shape index (κ2) is 9.41. The minimum absolute atomic E-state index is 0.275. The second-order valence-corrected chi connectivity index (χ2v) is 15.6. The molecule has 2 aliphatic heterocycles. The molecule has 5 atom stereocenters. The summed E-state index contributed by atoms with van der Waals surface area (Å²) in [5.74, 6) is 0. The number of rotatable bonds is 6. The van der Waals surface area contributed by atoms with Crippen LogP contribution in [0, 0.1) is 0 Å². The van der Waals surface area contributed by atoms with Crippen molar-refractivity contribution < 1.29 is 40.9 Å². The van der Waals surface area contributed by atoms with E-state index in [4.69, 9.17) is 18.9 Å². The molecule has 0 aliphatic carbocycles. The molecule has 204 valence electrons. The van der Waals surface area contributed by atoms with Crippen LogP contribution in [0.25, 0.3) is 0 Å². The summed E-state index contributed by atoms with van der Waals surface area (Å²) in [5.41, 5.74) is -1.71. The first kappa shape index (κ1) is 28.2. The van der Waals surface area contributed by atoms with Crippen LogP contribution in [0.5, 0.6) is 0 Å². The zero-order valence-corrected chi connectivity index (χ0v) is 23.3. The lowest BCUT2D eigenvalue weighted by Crippen LogP contribution is -2.63. The molecule has 0 radical (unpaired) electrons. The molecule has 1 N–H and O–H groups in total. The zero-order valence-electron chi connectivity index (χ0n) is 21.7. The summed E-state index contributed by atoms with van der Waals surface area (Å²) in [6.07, 6.45) is -7.36. The maximum Gasteiger partial charge on any atom is 0.311 e. The number of benzene rings is 2. The van der Waals surface area contributed by atoms with Crippen LogP contribution in [0.2, 0.25) is 0 Å². The lowest BCUT2D eigenvalue weighted by Gasteiger charge is -2.43. The Balaban J connectivity index is 2.01. The fourth-order valence-electron chi connectivity index (χ4n) is 4.61. The Morgan fingerprint density at radius 3 is 1.54 bits per heavy atom. The Morgan fingerprint density at radius 1 is 0.730 bits per heavy atom. The number of hydrogen-bond acceptors (Lipinski definition) is 9. The fourth-order valence-corrected chi connectivity index (χ4v) is 9.47. The van der Waals surface area contributed by atoms with E-state index in [0.717, 1.165) is 0 Å². The molecule has 37 heavy (non-hydrogen) atoms. The van der Waals surface area contributed by atoms with Gasteiger partial charge in [0, 0.05) is 0 Å². The third kappa shape index (κ3) is 4.87. The maximum atomic E-state index is 14.4. The SMILES string of the molecule is CC(C)(C)O[C@H]1[C@H]2O[C@@H]([C@@H](OC(C)(C)C)[C@@H]1O)C(S(=O)(=O)c1ccccc1)(S(=O)(=O)c1ccccc1)O2. The Kier molecular flexibility index (Phi) is 7.16. The van der Waals surface area contributed by atoms with Crippen LogP contribution in [0.1, 0.15) is 41.5 Å². The molecule has 2 saturated heterocycles. The van der Waals surface area contributed by atoms with Crippen LogP contribution in [0.4, 0.5) is 0 Å². The molecule has 0 aromatic heterocycles. The normalized spacial score (nSPS) is 28.2. The molecular weight excluding hydrogens is 520 g/mol. The summed E-state index contributed by atoms with van der Waals surface area (Å²) in [6, 6.07) is 14.4. The molecule has 9 nitrogen and oxygen atoms in total. The highest BCUT2D eigenvalue weighted by molar-refractivity contribution is 8.10. The monoisotopic (exact) mass is 554 g/mol. The smallest absolute Gasteiger partial charge is 0.311 e. The van der Waals surface area contributed by atoms with Crippen LogP contribution in [-0.4, -0.2) is 68.1 Å². The first-order chi connectivity index (χ1) is 17.0. The highest BCUT2D eigenvalue weighted by Crippen LogP contribution is 2.52. The van der Waals surface area contributed by atoms with E-state index < -0.39 is 65.8 Å². The van der Waals surface area contributed by atoms with Gasteiger partial charge in [0.2, 0.25) is 19.7 Å². The van der Waals surface area contributed by atoms with Gasteiger partial charge in [0.1, 0.15) is 24.4 Å². The van der Waals surface area contributed by atoms with E-state index in [9.17, 15) is 21.9 Å². The van der Waals surface area contributed by atoms with Crippen LogP contribution in [0.3, 0.4) is 0 Å². The molecule has 2 fully saturated rings. The predicted octanol–water partition coefficient (Wildman–Crippen LogP) is 3.07. The van der Waals surface area contributed by atoms with Gasteiger partial charge in [-0.2, -0.15) is 0 Å². The number of sulfone groups is 2. The quantitative estimate of drug-likeness (QED) is 0.573.